The number of benzene rings is 1. The maximum absolute atomic E-state index is 12.4. The predicted octanol–water partition coefficient (Wildman–Crippen LogP) is 2.48. The highest BCUT2D eigenvalue weighted by Crippen LogP contribution is 2.14. The fraction of sp³-hybridized carbons (Fsp3) is 0.158. The molecule has 1 aromatic carbocycles. The quantitative estimate of drug-likeness (QED) is 0.657. The molecule has 0 aliphatic rings. The van der Waals surface area contributed by atoms with Crippen molar-refractivity contribution in [3.05, 3.63) is 80.1 Å². The molecule has 28 heavy (non-hydrogen) atoms. The number of carbonyl (C=O) groups is 2. The average Bonchev–Trinajstić information content (AvgIpc) is 2.99. The third-order valence-corrected chi connectivity index (χ3v) is 4.22. The van der Waals surface area contributed by atoms with Crippen molar-refractivity contribution in [2.45, 2.75) is 20.8 Å². The molecule has 0 spiro atoms. The van der Waals surface area contributed by atoms with Crippen LogP contribution >= 0.6 is 11.6 Å². The molecule has 0 atom stereocenters. The first-order chi connectivity index (χ1) is 13.3. The van der Waals surface area contributed by atoms with E-state index in [0.29, 0.717) is 27.9 Å². The predicted molar refractivity (Wildman–Crippen MR) is 103 cm³/mol. The Kier molecular flexibility index (Phi) is 5.32. The molecule has 3 aromatic rings. The Balaban J connectivity index is 1.82. The van der Waals surface area contributed by atoms with Crippen molar-refractivity contribution in [1.82, 2.24) is 20.6 Å². The van der Waals surface area contributed by atoms with Gasteiger partial charge in [0.1, 0.15) is 11.5 Å². The number of hydrogen-bond acceptors (Lipinski definition) is 5. The van der Waals surface area contributed by atoms with Crippen molar-refractivity contribution < 1.29 is 14.0 Å². The fourth-order valence-electron chi connectivity index (χ4n) is 2.64. The lowest BCUT2D eigenvalue weighted by Gasteiger charge is -2.11. The fourth-order valence-corrected chi connectivity index (χ4v) is 2.77. The summed E-state index contributed by atoms with van der Waals surface area (Å²) in [5.74, 6) is -0.408. The van der Waals surface area contributed by atoms with Gasteiger partial charge in [-0.3, -0.25) is 25.2 Å². The molecule has 0 fully saturated rings. The normalized spacial score (nSPS) is 10.6. The molecule has 9 heteroatoms. The van der Waals surface area contributed by atoms with Gasteiger partial charge < -0.3 is 4.42 Å². The molecule has 8 nitrogen and oxygen atoms in total. The van der Waals surface area contributed by atoms with Crippen molar-refractivity contribution >= 4 is 23.4 Å². The molecule has 2 aromatic heterocycles. The zero-order valence-electron chi connectivity index (χ0n) is 15.4. The summed E-state index contributed by atoms with van der Waals surface area (Å²) in [5, 5.41) is 4.67. The topological polar surface area (TPSA) is 106 Å². The molecular formula is C19H17ClN4O4. The lowest BCUT2D eigenvalue weighted by atomic mass is 10.2. The largest absolute Gasteiger partial charge is 0.466 e. The van der Waals surface area contributed by atoms with Crippen LogP contribution in [-0.2, 0) is 0 Å². The molecule has 0 saturated heterocycles. The number of hydrogen-bond donors (Lipinski definition) is 2. The third kappa shape index (κ3) is 3.96. The molecule has 0 aliphatic carbocycles. The van der Waals surface area contributed by atoms with Gasteiger partial charge in [-0.1, -0.05) is 11.6 Å². The smallest absolute Gasteiger partial charge is 0.294 e. The van der Waals surface area contributed by atoms with E-state index in [1.165, 1.54) is 10.7 Å². The zero-order valence-corrected chi connectivity index (χ0v) is 16.1. The van der Waals surface area contributed by atoms with Gasteiger partial charge in [0.05, 0.1) is 11.3 Å². The van der Waals surface area contributed by atoms with E-state index >= 15 is 0 Å². The van der Waals surface area contributed by atoms with Gasteiger partial charge >= 0.3 is 0 Å². The minimum atomic E-state index is -0.834. The number of nitrogens with one attached hydrogen (secondary N) is 2. The highest BCUT2D eigenvalue weighted by atomic mass is 35.5. The number of hydrazine groups is 1. The van der Waals surface area contributed by atoms with Crippen molar-refractivity contribution in [1.29, 1.82) is 0 Å². The molecule has 2 N–H and O–H groups in total. The minimum Gasteiger partial charge on any atom is -0.466 e. The second kappa shape index (κ2) is 7.69. The van der Waals surface area contributed by atoms with Crippen LogP contribution in [0.2, 0.25) is 5.02 Å². The summed E-state index contributed by atoms with van der Waals surface area (Å²) >= 11 is 5.89. The third-order valence-electron chi connectivity index (χ3n) is 3.97. The molecule has 2 heterocycles. The molecule has 144 valence electrons. The Morgan fingerprint density at radius 2 is 1.68 bits per heavy atom. The zero-order chi connectivity index (χ0) is 20.4. The van der Waals surface area contributed by atoms with Crippen LogP contribution in [0.3, 0.4) is 0 Å². The Morgan fingerprint density at radius 1 is 1.04 bits per heavy atom. The Bertz CT molecular complexity index is 1120. The Morgan fingerprint density at radius 3 is 2.29 bits per heavy atom. The highest BCUT2D eigenvalue weighted by Gasteiger charge is 2.18. The summed E-state index contributed by atoms with van der Waals surface area (Å²) in [6.45, 7) is 5.03. The molecular weight excluding hydrogens is 384 g/mol. The minimum absolute atomic E-state index is 0.285. The molecule has 0 unspecified atom stereocenters. The maximum Gasteiger partial charge on any atom is 0.294 e. The molecule has 0 bridgehead atoms. The number of furan rings is 1. The second-order valence-electron chi connectivity index (χ2n) is 6.12. The molecule has 0 aliphatic heterocycles. The lowest BCUT2D eigenvalue weighted by Crippen LogP contribution is -2.44. The monoisotopic (exact) mass is 400 g/mol. The molecule has 2 amide bonds. The van der Waals surface area contributed by atoms with E-state index < -0.39 is 17.2 Å². The van der Waals surface area contributed by atoms with Crippen LogP contribution in [0.5, 0.6) is 0 Å². The van der Waals surface area contributed by atoms with E-state index in [4.69, 9.17) is 16.0 Å². The van der Waals surface area contributed by atoms with Gasteiger partial charge in [-0.2, -0.15) is 5.10 Å². The number of halogens is 1. The van der Waals surface area contributed by atoms with Gasteiger partial charge in [0.15, 0.2) is 5.69 Å². The first kappa shape index (κ1) is 19.4. The number of rotatable bonds is 3. The van der Waals surface area contributed by atoms with Gasteiger partial charge in [0.2, 0.25) is 5.43 Å². The van der Waals surface area contributed by atoms with Crippen LogP contribution in [0.15, 0.2) is 45.6 Å². The summed E-state index contributed by atoms with van der Waals surface area (Å²) in [7, 11) is 0. The highest BCUT2D eigenvalue weighted by molar-refractivity contribution is 6.30. The number of nitrogens with zero attached hydrogens (tertiary/aromatic N) is 2. The van der Waals surface area contributed by atoms with Gasteiger partial charge in [0, 0.05) is 16.8 Å². The Labute approximate surface area is 165 Å². The van der Waals surface area contributed by atoms with Crippen molar-refractivity contribution in [3.63, 3.8) is 0 Å². The summed E-state index contributed by atoms with van der Waals surface area (Å²) in [6.07, 6.45) is 0. The van der Waals surface area contributed by atoms with Crippen LogP contribution in [0, 0.1) is 20.8 Å². The van der Waals surface area contributed by atoms with E-state index in [-0.39, 0.29) is 11.3 Å². The van der Waals surface area contributed by atoms with E-state index in [1.807, 2.05) is 0 Å². The van der Waals surface area contributed by atoms with Crippen LogP contribution in [0.25, 0.3) is 5.69 Å². The average molecular weight is 401 g/mol. The number of aromatic nitrogens is 2. The van der Waals surface area contributed by atoms with E-state index in [0.717, 1.165) is 0 Å². The standard InChI is InChI=1S/C19H17ClN4O4/c1-10-8-16(25)17(23-24(10)14-6-4-13(20)5-7-14)19(27)22-21-18(26)15-9-11(2)28-12(15)3/h4-9H,1-3H3,(H,21,26)(H,22,27). The number of carbonyl (C=O) groups excluding carboxylic acids is 2. The molecule has 0 radical (unpaired) electrons. The lowest BCUT2D eigenvalue weighted by molar-refractivity contribution is 0.0841. The summed E-state index contributed by atoms with van der Waals surface area (Å²) in [6, 6.07) is 9.60. The SMILES string of the molecule is Cc1cc(C(=O)NNC(=O)c2nn(-c3ccc(Cl)cc3)c(C)cc2=O)c(C)o1. The van der Waals surface area contributed by atoms with Crippen molar-refractivity contribution in [3.8, 4) is 5.69 Å². The van der Waals surface area contributed by atoms with E-state index in [1.54, 1.807) is 51.1 Å². The number of amides is 2. The van der Waals surface area contributed by atoms with E-state index in [2.05, 4.69) is 16.0 Å². The summed E-state index contributed by atoms with van der Waals surface area (Å²) in [5.41, 5.74) is 4.99. The second-order valence-corrected chi connectivity index (χ2v) is 6.56. The maximum atomic E-state index is 12.4. The number of aryl methyl sites for hydroxylation is 3. The van der Waals surface area contributed by atoms with Crippen LogP contribution in [-0.4, -0.2) is 21.6 Å². The first-order valence-electron chi connectivity index (χ1n) is 8.31. The first-order valence-corrected chi connectivity index (χ1v) is 8.68. The van der Waals surface area contributed by atoms with Gasteiger partial charge in [-0.15, -0.1) is 0 Å². The van der Waals surface area contributed by atoms with Crippen molar-refractivity contribution in [2.24, 2.45) is 0 Å². The summed E-state index contributed by atoms with van der Waals surface area (Å²) < 4.78 is 6.73. The van der Waals surface area contributed by atoms with Crippen LogP contribution in [0.4, 0.5) is 0 Å². The van der Waals surface area contributed by atoms with Gasteiger partial charge in [-0.05, 0) is 51.1 Å². The van der Waals surface area contributed by atoms with Crippen molar-refractivity contribution in [2.75, 3.05) is 0 Å². The van der Waals surface area contributed by atoms with Gasteiger partial charge in [-0.25, -0.2) is 4.68 Å². The molecule has 0 saturated carbocycles. The van der Waals surface area contributed by atoms with E-state index in [9.17, 15) is 14.4 Å². The summed E-state index contributed by atoms with van der Waals surface area (Å²) in [4.78, 5) is 36.8. The van der Waals surface area contributed by atoms with Gasteiger partial charge in [0.25, 0.3) is 11.8 Å². The molecule has 3 rings (SSSR count). The Hall–Kier alpha value is -3.39. The van der Waals surface area contributed by atoms with Crippen LogP contribution < -0.4 is 16.3 Å². The van der Waals surface area contributed by atoms with Crippen LogP contribution in [0.1, 0.15) is 38.1 Å².